The molecular formula is C36H38N4O9S2. The maximum absolute atomic E-state index is 11.1. The van der Waals surface area contributed by atoms with Gasteiger partial charge in [0.2, 0.25) is 0 Å². The standard InChI is InChI=1S/C18H18N2O4S.C10H13NO2.C8H7NO3S/c1-19-18(15-5-9-17(10-6-15)25(22,23)24)13-14-3-7-16(8-4-14)20(2)11-12-21;1-11(6-7-12)10-4-2-9(8-13)3-5-10;9-6-5-7-1-3-8(4-2-7)13(10,11)12/h3-10,13,21H,11-12H2,2H3,(H,22,23,24);2-5,8,12H,6-7H2,1H3;1-4H,5H2,(H,10,11,12)/b18-13-;;. The fraction of sp³-hybridized carbons (Fsp3) is 0.194. The molecule has 0 spiro atoms. The number of hydrogen-bond acceptors (Lipinski definition) is 10. The van der Waals surface area contributed by atoms with Gasteiger partial charge in [0, 0.05) is 44.1 Å². The SMILES string of the molecule is CN(CCO)c1ccc(C=O)cc1.N#CCc1ccc(S(=O)(=O)O)cc1.[C-]#[N+]/C(=C\c1ccc(N(C)CCO)cc1)c1ccc(S(=O)(=O)O)cc1. The maximum atomic E-state index is 11.1. The van der Waals surface area contributed by atoms with Gasteiger partial charge in [-0.25, -0.2) is 4.85 Å². The molecule has 0 aliphatic rings. The molecule has 0 atom stereocenters. The molecule has 0 bridgehead atoms. The van der Waals surface area contributed by atoms with Crippen LogP contribution in [0.5, 0.6) is 0 Å². The van der Waals surface area contributed by atoms with Gasteiger partial charge in [0.25, 0.3) is 20.2 Å². The number of aliphatic hydroxyl groups excluding tert-OH is 2. The van der Waals surface area contributed by atoms with Gasteiger partial charge in [-0.15, -0.1) is 0 Å². The fourth-order valence-corrected chi connectivity index (χ4v) is 5.16. The van der Waals surface area contributed by atoms with Crippen molar-refractivity contribution in [3.63, 3.8) is 0 Å². The first-order valence-corrected chi connectivity index (χ1v) is 17.9. The first-order chi connectivity index (χ1) is 24.2. The smallest absolute Gasteiger partial charge is 0.294 e. The molecule has 0 amide bonds. The van der Waals surface area contributed by atoms with Crippen molar-refractivity contribution >= 4 is 49.7 Å². The molecule has 0 aliphatic heterocycles. The molecule has 15 heteroatoms. The second-order valence-electron chi connectivity index (χ2n) is 10.7. The van der Waals surface area contributed by atoms with E-state index in [1.54, 1.807) is 18.2 Å². The van der Waals surface area contributed by atoms with E-state index >= 15 is 0 Å². The van der Waals surface area contributed by atoms with Gasteiger partial charge in [-0.1, -0.05) is 36.4 Å². The molecule has 0 aliphatic carbocycles. The Hall–Kier alpha value is -5.39. The lowest BCUT2D eigenvalue weighted by Crippen LogP contribution is -2.20. The molecule has 0 heterocycles. The minimum atomic E-state index is -4.25. The predicted octanol–water partition coefficient (Wildman–Crippen LogP) is 4.71. The van der Waals surface area contributed by atoms with Crippen LogP contribution in [0.3, 0.4) is 0 Å². The molecule has 4 rings (SSSR count). The van der Waals surface area contributed by atoms with Crippen LogP contribution in [0, 0.1) is 17.9 Å². The summed E-state index contributed by atoms with van der Waals surface area (Å²) in [4.78, 5) is 17.3. The van der Waals surface area contributed by atoms with Gasteiger partial charge in [0.05, 0.1) is 42.1 Å². The lowest BCUT2D eigenvalue weighted by Gasteiger charge is -2.17. The van der Waals surface area contributed by atoms with Crippen LogP contribution in [0.25, 0.3) is 16.6 Å². The second-order valence-corrected chi connectivity index (χ2v) is 13.5. The zero-order valence-electron chi connectivity index (χ0n) is 27.9. The first-order valence-electron chi connectivity index (χ1n) is 15.1. The first kappa shape index (κ1) is 41.8. The number of carbonyl (C=O) groups is 1. The second kappa shape index (κ2) is 20.3. The van der Waals surface area contributed by atoms with Gasteiger partial charge in [0.1, 0.15) is 6.29 Å². The number of aliphatic hydroxyl groups is 2. The summed E-state index contributed by atoms with van der Waals surface area (Å²) in [5.74, 6) is 0. The molecular weight excluding hydrogens is 697 g/mol. The highest BCUT2D eigenvalue weighted by atomic mass is 32.2. The molecule has 4 aromatic carbocycles. The Morgan fingerprint density at radius 1 is 0.725 bits per heavy atom. The Labute approximate surface area is 298 Å². The molecule has 4 aromatic rings. The highest BCUT2D eigenvalue weighted by molar-refractivity contribution is 7.86. The molecule has 0 radical (unpaired) electrons. The Balaban J connectivity index is 0.000000292. The largest absolute Gasteiger partial charge is 0.395 e. The molecule has 51 heavy (non-hydrogen) atoms. The van der Waals surface area contributed by atoms with Crippen LogP contribution in [0.2, 0.25) is 0 Å². The van der Waals surface area contributed by atoms with Crippen LogP contribution < -0.4 is 9.80 Å². The lowest BCUT2D eigenvalue weighted by atomic mass is 10.1. The third kappa shape index (κ3) is 14.2. The highest BCUT2D eigenvalue weighted by Crippen LogP contribution is 2.23. The summed E-state index contributed by atoms with van der Waals surface area (Å²) in [5.41, 5.74) is 5.08. The van der Waals surface area contributed by atoms with Gasteiger partial charge in [-0.05, 0) is 83.4 Å². The van der Waals surface area contributed by atoms with Crippen LogP contribution >= 0.6 is 0 Å². The number of likely N-dealkylation sites (N-methyl/N-ethyl adjacent to an activating group) is 2. The van der Waals surface area contributed by atoms with Crippen molar-refractivity contribution in [2.24, 2.45) is 0 Å². The fourth-order valence-electron chi connectivity index (χ4n) is 4.20. The van der Waals surface area contributed by atoms with E-state index in [0.717, 1.165) is 28.8 Å². The van der Waals surface area contributed by atoms with Crippen LogP contribution in [-0.4, -0.2) is 82.8 Å². The molecule has 0 saturated heterocycles. The number of rotatable bonds is 12. The molecule has 0 saturated carbocycles. The van der Waals surface area contributed by atoms with E-state index in [9.17, 15) is 21.6 Å². The Morgan fingerprint density at radius 2 is 1.14 bits per heavy atom. The molecule has 268 valence electrons. The van der Waals surface area contributed by atoms with Crippen LogP contribution in [0.1, 0.15) is 27.0 Å². The third-order valence-electron chi connectivity index (χ3n) is 7.05. The van der Waals surface area contributed by atoms with E-state index < -0.39 is 20.2 Å². The monoisotopic (exact) mass is 734 g/mol. The molecule has 0 fully saturated rings. The van der Waals surface area contributed by atoms with Crippen molar-refractivity contribution in [2.45, 2.75) is 16.2 Å². The van der Waals surface area contributed by atoms with Gasteiger partial charge in [-0.3, -0.25) is 13.9 Å². The summed E-state index contributed by atoms with van der Waals surface area (Å²) in [7, 11) is -4.59. The average Bonchev–Trinajstić information content (AvgIpc) is 3.11. The van der Waals surface area contributed by atoms with Gasteiger partial charge >= 0.3 is 0 Å². The normalized spacial score (nSPS) is 11.0. The van der Waals surface area contributed by atoms with E-state index in [0.29, 0.717) is 29.9 Å². The van der Waals surface area contributed by atoms with E-state index in [4.69, 9.17) is 31.2 Å². The van der Waals surface area contributed by atoms with Crippen molar-refractivity contribution in [2.75, 3.05) is 50.2 Å². The average molecular weight is 735 g/mol. The molecule has 0 aromatic heterocycles. The number of anilines is 2. The predicted molar refractivity (Wildman–Crippen MR) is 195 cm³/mol. The summed E-state index contributed by atoms with van der Waals surface area (Å²) in [5, 5.41) is 26.0. The van der Waals surface area contributed by atoms with Gasteiger partial charge < -0.3 is 20.0 Å². The lowest BCUT2D eigenvalue weighted by molar-refractivity contribution is 0.112. The zero-order chi connectivity index (χ0) is 38.0. The van der Waals surface area contributed by atoms with Crippen LogP contribution in [0.15, 0.2) is 107 Å². The van der Waals surface area contributed by atoms with Crippen molar-refractivity contribution in [3.8, 4) is 6.07 Å². The van der Waals surface area contributed by atoms with Gasteiger partial charge in [-0.2, -0.15) is 22.1 Å². The topological polar surface area (TPSA) is 201 Å². The summed E-state index contributed by atoms with van der Waals surface area (Å²) in [6.45, 7) is 8.67. The van der Waals surface area contributed by atoms with E-state index in [2.05, 4.69) is 4.85 Å². The quantitative estimate of drug-likeness (QED) is 0.0678. The number of aldehydes is 1. The number of carbonyl (C=O) groups excluding carboxylic acids is 1. The number of nitrogens with zero attached hydrogens (tertiary/aromatic N) is 4. The van der Waals surface area contributed by atoms with E-state index in [1.807, 2.05) is 66.4 Å². The Bertz CT molecular complexity index is 2040. The minimum Gasteiger partial charge on any atom is -0.395 e. The van der Waals surface area contributed by atoms with Crippen molar-refractivity contribution < 1.29 is 40.9 Å². The number of nitriles is 1. The Morgan fingerprint density at radius 3 is 1.49 bits per heavy atom. The zero-order valence-corrected chi connectivity index (χ0v) is 29.5. The van der Waals surface area contributed by atoms with Crippen molar-refractivity contribution in [3.05, 3.63) is 131 Å². The van der Waals surface area contributed by atoms with Crippen molar-refractivity contribution in [1.82, 2.24) is 0 Å². The molecule has 0 unspecified atom stereocenters. The summed E-state index contributed by atoms with van der Waals surface area (Å²) in [6.07, 6.45) is 2.74. The maximum Gasteiger partial charge on any atom is 0.294 e. The molecule has 13 nitrogen and oxygen atoms in total. The summed E-state index contributed by atoms with van der Waals surface area (Å²) >= 11 is 0. The van der Waals surface area contributed by atoms with Crippen LogP contribution in [-0.2, 0) is 26.7 Å². The van der Waals surface area contributed by atoms with E-state index in [-0.39, 0.29) is 29.4 Å². The minimum absolute atomic E-state index is 0.0690. The summed E-state index contributed by atoms with van der Waals surface area (Å²) in [6, 6.07) is 27.7. The molecule has 4 N–H and O–H groups in total. The van der Waals surface area contributed by atoms with E-state index in [1.165, 1.54) is 48.5 Å². The van der Waals surface area contributed by atoms with Crippen molar-refractivity contribution in [1.29, 1.82) is 5.26 Å². The van der Waals surface area contributed by atoms with Crippen LogP contribution in [0.4, 0.5) is 11.4 Å². The summed E-state index contributed by atoms with van der Waals surface area (Å²) < 4.78 is 60.9. The third-order valence-corrected chi connectivity index (χ3v) is 8.79. The Kier molecular flexibility index (Phi) is 16.6. The highest BCUT2D eigenvalue weighted by Gasteiger charge is 2.10. The number of benzene rings is 4. The number of hydrogen-bond donors (Lipinski definition) is 4. The van der Waals surface area contributed by atoms with Gasteiger partial charge in [0.15, 0.2) is 5.70 Å².